The smallest absolute Gasteiger partial charge is 0.161 e. The van der Waals surface area contributed by atoms with Crippen LogP contribution in [0.2, 0.25) is 0 Å². The van der Waals surface area contributed by atoms with Crippen molar-refractivity contribution in [2.24, 2.45) is 0 Å². The molecule has 2 N–H and O–H groups in total. The second kappa shape index (κ2) is 8.39. The Hall–Kier alpha value is -0.910. The van der Waals surface area contributed by atoms with Gasteiger partial charge in [-0.1, -0.05) is 6.07 Å². The Morgan fingerprint density at radius 1 is 1.25 bits per heavy atom. The van der Waals surface area contributed by atoms with Crippen LogP contribution in [0.4, 0.5) is 0 Å². The van der Waals surface area contributed by atoms with Crippen LogP contribution in [0.1, 0.15) is 24.9 Å². The minimum absolute atomic E-state index is 0.286. The van der Waals surface area contributed by atoms with Crippen LogP contribution in [-0.2, 0) is 0 Å². The normalized spacial score (nSPS) is 15.1. The molecule has 0 saturated heterocycles. The Morgan fingerprint density at radius 3 is 2.85 bits per heavy atom. The number of ether oxygens (including phenoxy) is 2. The van der Waals surface area contributed by atoms with E-state index in [0.29, 0.717) is 19.3 Å². The number of rotatable bonds is 8. The molecule has 1 aliphatic heterocycles. The number of aliphatic hydroxyl groups is 1. The summed E-state index contributed by atoms with van der Waals surface area (Å²) in [5.74, 6) is 3.78. The van der Waals surface area contributed by atoms with Crippen molar-refractivity contribution >= 4 is 11.8 Å². The third-order valence-electron chi connectivity index (χ3n) is 3.21. The van der Waals surface area contributed by atoms with E-state index in [2.05, 4.69) is 24.4 Å². The second-order valence-corrected chi connectivity index (χ2v) is 5.99. The van der Waals surface area contributed by atoms with Gasteiger partial charge in [-0.25, -0.2) is 0 Å². The molecule has 1 aromatic carbocycles. The number of hydrogen-bond acceptors (Lipinski definition) is 5. The summed E-state index contributed by atoms with van der Waals surface area (Å²) in [6.45, 7) is 4.66. The minimum Gasteiger partial charge on any atom is -0.486 e. The zero-order valence-corrected chi connectivity index (χ0v) is 12.7. The number of aliphatic hydroxyl groups excluding tert-OH is 1. The van der Waals surface area contributed by atoms with Gasteiger partial charge in [-0.05, 0) is 36.8 Å². The van der Waals surface area contributed by atoms with Gasteiger partial charge in [-0.15, -0.1) is 0 Å². The summed E-state index contributed by atoms with van der Waals surface area (Å²) in [5.41, 5.74) is 1.22. The van der Waals surface area contributed by atoms with Crippen LogP contribution >= 0.6 is 11.8 Å². The van der Waals surface area contributed by atoms with Gasteiger partial charge < -0.3 is 19.9 Å². The van der Waals surface area contributed by atoms with Crippen molar-refractivity contribution in [1.82, 2.24) is 5.32 Å². The van der Waals surface area contributed by atoms with E-state index in [9.17, 15) is 0 Å². The number of hydrogen-bond donors (Lipinski definition) is 2. The lowest BCUT2D eigenvalue weighted by Crippen LogP contribution is -2.22. The molecule has 0 saturated carbocycles. The molecule has 0 spiro atoms. The fraction of sp³-hybridized carbons (Fsp3) is 0.600. The highest BCUT2D eigenvalue weighted by Gasteiger charge is 2.13. The molecule has 0 radical (unpaired) electrons. The van der Waals surface area contributed by atoms with E-state index in [1.807, 2.05) is 17.8 Å². The monoisotopic (exact) mass is 297 g/mol. The lowest BCUT2D eigenvalue weighted by molar-refractivity contribution is 0.171. The summed E-state index contributed by atoms with van der Waals surface area (Å²) >= 11 is 1.87. The van der Waals surface area contributed by atoms with Crippen LogP contribution in [0.25, 0.3) is 0 Å². The van der Waals surface area contributed by atoms with Gasteiger partial charge in [0.15, 0.2) is 11.5 Å². The molecular weight excluding hydrogens is 274 g/mol. The van der Waals surface area contributed by atoms with Crippen molar-refractivity contribution in [3.63, 3.8) is 0 Å². The molecule has 5 heteroatoms. The molecule has 0 aliphatic carbocycles. The molecule has 1 atom stereocenters. The Labute approximate surface area is 124 Å². The van der Waals surface area contributed by atoms with Gasteiger partial charge in [0.1, 0.15) is 13.2 Å². The van der Waals surface area contributed by atoms with E-state index in [1.165, 1.54) is 5.56 Å². The fourth-order valence-corrected chi connectivity index (χ4v) is 2.86. The highest BCUT2D eigenvalue weighted by molar-refractivity contribution is 7.99. The Balaban J connectivity index is 1.76. The number of fused-ring (bicyclic) bond motifs is 1. The second-order valence-electron chi connectivity index (χ2n) is 4.77. The maximum absolute atomic E-state index is 8.71. The van der Waals surface area contributed by atoms with Gasteiger partial charge in [0.25, 0.3) is 0 Å². The fourth-order valence-electron chi connectivity index (χ4n) is 2.06. The Bertz CT molecular complexity index is 414. The zero-order valence-electron chi connectivity index (χ0n) is 11.9. The minimum atomic E-state index is 0.286. The zero-order chi connectivity index (χ0) is 14.2. The van der Waals surface area contributed by atoms with Crippen LogP contribution in [0.3, 0.4) is 0 Å². The first-order chi connectivity index (χ1) is 9.81. The van der Waals surface area contributed by atoms with Crippen LogP contribution in [-0.4, -0.2) is 43.0 Å². The molecular formula is C15H23NO3S. The lowest BCUT2D eigenvalue weighted by Gasteiger charge is -2.21. The van der Waals surface area contributed by atoms with E-state index in [1.54, 1.807) is 0 Å². The van der Waals surface area contributed by atoms with E-state index in [4.69, 9.17) is 14.6 Å². The van der Waals surface area contributed by atoms with Gasteiger partial charge >= 0.3 is 0 Å². The Morgan fingerprint density at radius 2 is 2.05 bits per heavy atom. The van der Waals surface area contributed by atoms with Crippen molar-refractivity contribution in [2.75, 3.05) is 37.9 Å². The molecule has 4 nitrogen and oxygen atoms in total. The Kier molecular flexibility index (Phi) is 6.50. The van der Waals surface area contributed by atoms with E-state index < -0.39 is 0 Å². The third-order valence-corrected chi connectivity index (χ3v) is 4.28. The molecule has 0 bridgehead atoms. The highest BCUT2D eigenvalue weighted by atomic mass is 32.2. The first-order valence-corrected chi connectivity index (χ1v) is 8.28. The average Bonchev–Trinajstić information content (AvgIpc) is 2.50. The highest BCUT2D eigenvalue weighted by Crippen LogP contribution is 2.32. The number of benzene rings is 1. The molecule has 112 valence electrons. The SMILES string of the molecule is CC(NCCSCCCO)c1ccc2c(c1)OCCO2. The van der Waals surface area contributed by atoms with Gasteiger partial charge in [-0.3, -0.25) is 0 Å². The van der Waals surface area contributed by atoms with Gasteiger partial charge in [-0.2, -0.15) is 11.8 Å². The third kappa shape index (κ3) is 4.58. The van der Waals surface area contributed by atoms with Crippen molar-refractivity contribution in [2.45, 2.75) is 19.4 Å². The average molecular weight is 297 g/mol. The van der Waals surface area contributed by atoms with E-state index in [0.717, 1.165) is 36.0 Å². The number of thioether (sulfide) groups is 1. The predicted octanol–water partition coefficient (Wildman–Crippen LogP) is 2.22. The summed E-state index contributed by atoms with van der Waals surface area (Å²) in [4.78, 5) is 0. The van der Waals surface area contributed by atoms with Gasteiger partial charge in [0, 0.05) is 24.9 Å². The van der Waals surface area contributed by atoms with E-state index >= 15 is 0 Å². The quantitative estimate of drug-likeness (QED) is 0.721. The molecule has 1 unspecified atom stereocenters. The molecule has 2 rings (SSSR count). The summed E-state index contributed by atoms with van der Waals surface area (Å²) in [7, 11) is 0. The summed E-state index contributed by atoms with van der Waals surface area (Å²) in [5, 5.41) is 12.2. The lowest BCUT2D eigenvalue weighted by atomic mass is 10.1. The summed E-state index contributed by atoms with van der Waals surface area (Å²) < 4.78 is 11.1. The largest absolute Gasteiger partial charge is 0.486 e. The van der Waals surface area contributed by atoms with E-state index in [-0.39, 0.29) is 6.61 Å². The molecule has 0 fully saturated rings. The topological polar surface area (TPSA) is 50.7 Å². The van der Waals surface area contributed by atoms with Crippen molar-refractivity contribution in [3.05, 3.63) is 23.8 Å². The standard InChI is InChI=1S/C15H23NO3S/c1-12(16-5-10-20-9-2-6-17)13-3-4-14-15(11-13)19-8-7-18-14/h3-4,11-12,16-17H,2,5-10H2,1H3. The molecule has 20 heavy (non-hydrogen) atoms. The maximum atomic E-state index is 8.71. The molecule has 1 aromatic rings. The molecule has 1 aliphatic rings. The van der Waals surface area contributed by atoms with Gasteiger partial charge in [0.05, 0.1) is 0 Å². The predicted molar refractivity (Wildman–Crippen MR) is 82.9 cm³/mol. The van der Waals surface area contributed by atoms with Crippen LogP contribution < -0.4 is 14.8 Å². The van der Waals surface area contributed by atoms with Crippen molar-refractivity contribution in [3.8, 4) is 11.5 Å². The van der Waals surface area contributed by atoms with Crippen molar-refractivity contribution in [1.29, 1.82) is 0 Å². The number of nitrogens with one attached hydrogen (secondary N) is 1. The maximum Gasteiger partial charge on any atom is 0.161 e. The van der Waals surface area contributed by atoms with Crippen LogP contribution in [0.5, 0.6) is 11.5 Å². The molecule has 1 heterocycles. The first-order valence-electron chi connectivity index (χ1n) is 7.13. The first kappa shape index (κ1) is 15.5. The summed E-state index contributed by atoms with van der Waals surface area (Å²) in [6.07, 6.45) is 0.877. The van der Waals surface area contributed by atoms with Crippen molar-refractivity contribution < 1.29 is 14.6 Å². The summed E-state index contributed by atoms with van der Waals surface area (Å²) in [6, 6.07) is 6.43. The van der Waals surface area contributed by atoms with Gasteiger partial charge in [0.2, 0.25) is 0 Å². The van der Waals surface area contributed by atoms with Crippen LogP contribution in [0.15, 0.2) is 18.2 Å². The molecule has 0 amide bonds. The molecule has 0 aromatic heterocycles. The van der Waals surface area contributed by atoms with Crippen LogP contribution in [0, 0.1) is 0 Å².